The molecule has 2 N–H and O–H groups in total. The predicted octanol–water partition coefficient (Wildman–Crippen LogP) is 4.81. The van der Waals surface area contributed by atoms with Crippen molar-refractivity contribution in [1.82, 2.24) is 35.3 Å². The standard InChI is InChI=1S/C45H54N8O6S/c54-39(16-12-33-9-7-20-46-30-33)47-21-3-2-8-32-18-23-52(24-19-32)43(57)34-13-15-38(48-31-34)51-27-25-50(26-28-51)22-4-1-5-29-60-37-11-6-10-35-41(37)45(59)53(44(35)58)36-14-17-40(55)49-42(36)56/h6-7,9-13,15-16,20,30-32,36H,1-5,8,14,17-19,21-29H2,(H,47,54)(H,49,55,56)/b16-12+. The number of thioether (sulfide) groups is 1. The van der Waals surface area contributed by atoms with Crippen LogP contribution >= 0.6 is 11.8 Å². The molecule has 0 radical (unpaired) electrons. The summed E-state index contributed by atoms with van der Waals surface area (Å²) in [5, 5.41) is 5.20. The van der Waals surface area contributed by atoms with Crippen LogP contribution in [0.2, 0.25) is 0 Å². The van der Waals surface area contributed by atoms with E-state index in [0.29, 0.717) is 29.2 Å². The number of nitrogens with zero attached hydrogens (tertiary/aromatic N) is 6. The maximum atomic E-state index is 13.4. The lowest BCUT2D eigenvalue weighted by atomic mass is 9.91. The molecule has 2 aromatic heterocycles. The molecule has 3 aromatic rings. The number of piperidine rings is 2. The minimum absolute atomic E-state index is 0.0467. The molecule has 0 saturated carbocycles. The smallest absolute Gasteiger partial charge is 0.263 e. The molecule has 0 bridgehead atoms. The molecule has 0 spiro atoms. The van der Waals surface area contributed by atoms with E-state index in [4.69, 9.17) is 0 Å². The van der Waals surface area contributed by atoms with Crippen molar-refractivity contribution in [2.45, 2.75) is 75.1 Å². The lowest BCUT2D eigenvalue weighted by Gasteiger charge is -2.35. The molecular formula is C45H54N8O6S. The second-order valence-corrected chi connectivity index (χ2v) is 17.0. The van der Waals surface area contributed by atoms with E-state index in [1.54, 1.807) is 54.6 Å². The molecule has 1 unspecified atom stereocenters. The third-order valence-corrected chi connectivity index (χ3v) is 13.0. The Balaban J connectivity index is 0.745. The molecule has 6 amide bonds. The van der Waals surface area contributed by atoms with Gasteiger partial charge in [-0.2, -0.15) is 0 Å². The van der Waals surface area contributed by atoms with Gasteiger partial charge in [0.1, 0.15) is 11.9 Å². The van der Waals surface area contributed by atoms with Crippen molar-refractivity contribution in [3.05, 3.63) is 89.4 Å². The van der Waals surface area contributed by atoms with Crippen LogP contribution in [0, 0.1) is 5.92 Å². The summed E-state index contributed by atoms with van der Waals surface area (Å²) in [4.78, 5) is 93.1. The number of hydrogen-bond acceptors (Lipinski definition) is 11. The highest BCUT2D eigenvalue weighted by atomic mass is 32.2. The van der Waals surface area contributed by atoms with Crippen molar-refractivity contribution in [3.63, 3.8) is 0 Å². The van der Waals surface area contributed by atoms with Crippen molar-refractivity contribution in [2.75, 3.05) is 63.0 Å². The van der Waals surface area contributed by atoms with Gasteiger partial charge in [-0.1, -0.05) is 31.4 Å². The Bertz CT molecular complexity index is 2050. The number of carbonyl (C=O) groups excluding carboxylic acids is 6. The molecule has 15 heteroatoms. The number of fused-ring (bicyclic) bond motifs is 1. The van der Waals surface area contributed by atoms with Crippen LogP contribution in [0.5, 0.6) is 0 Å². The van der Waals surface area contributed by atoms with Crippen LogP contribution in [0.25, 0.3) is 6.08 Å². The van der Waals surface area contributed by atoms with E-state index in [-0.39, 0.29) is 30.6 Å². The van der Waals surface area contributed by atoms with E-state index in [1.807, 2.05) is 35.2 Å². The van der Waals surface area contributed by atoms with Crippen molar-refractivity contribution in [2.24, 2.45) is 5.92 Å². The zero-order valence-corrected chi connectivity index (χ0v) is 34.9. The molecule has 4 aliphatic heterocycles. The number of hydrogen-bond donors (Lipinski definition) is 2. The number of aromatic nitrogens is 2. The molecule has 4 aliphatic rings. The molecule has 7 rings (SSSR count). The van der Waals surface area contributed by atoms with Gasteiger partial charge in [-0.25, -0.2) is 4.98 Å². The number of pyridine rings is 2. The van der Waals surface area contributed by atoms with Crippen LogP contribution in [0.15, 0.2) is 72.0 Å². The summed E-state index contributed by atoms with van der Waals surface area (Å²) >= 11 is 1.56. The zero-order chi connectivity index (χ0) is 41.8. The van der Waals surface area contributed by atoms with E-state index >= 15 is 0 Å². The molecule has 3 fully saturated rings. The van der Waals surface area contributed by atoms with Crippen LogP contribution in [0.1, 0.15) is 101 Å². The van der Waals surface area contributed by atoms with Gasteiger partial charge < -0.3 is 15.1 Å². The van der Waals surface area contributed by atoms with Crippen LogP contribution in [-0.2, 0) is 14.4 Å². The molecule has 0 aliphatic carbocycles. The molecular weight excluding hydrogens is 781 g/mol. The number of amides is 6. The number of rotatable bonds is 17. The second kappa shape index (κ2) is 20.7. The maximum Gasteiger partial charge on any atom is 0.263 e. The summed E-state index contributed by atoms with van der Waals surface area (Å²) in [5.41, 5.74) is 2.20. The Morgan fingerprint density at radius 2 is 1.68 bits per heavy atom. The molecule has 60 heavy (non-hydrogen) atoms. The summed E-state index contributed by atoms with van der Waals surface area (Å²) in [6.07, 6.45) is 16.8. The molecule has 1 aromatic carbocycles. The zero-order valence-electron chi connectivity index (χ0n) is 34.1. The van der Waals surface area contributed by atoms with Crippen molar-refractivity contribution in [3.8, 4) is 0 Å². The first-order chi connectivity index (χ1) is 29.2. The Hall–Kier alpha value is -5.41. The van der Waals surface area contributed by atoms with Gasteiger partial charge in [0.05, 0.1) is 16.7 Å². The summed E-state index contributed by atoms with van der Waals surface area (Å²) in [6, 6.07) is 11.9. The number of unbranched alkanes of at least 4 members (excludes halogenated alkanes) is 3. The van der Waals surface area contributed by atoms with E-state index in [2.05, 4.69) is 30.4 Å². The van der Waals surface area contributed by atoms with Gasteiger partial charge in [-0.15, -0.1) is 11.8 Å². The Morgan fingerprint density at radius 3 is 2.43 bits per heavy atom. The minimum atomic E-state index is -0.966. The monoisotopic (exact) mass is 834 g/mol. The van der Waals surface area contributed by atoms with Crippen molar-refractivity contribution < 1.29 is 28.8 Å². The number of benzene rings is 1. The summed E-state index contributed by atoms with van der Waals surface area (Å²) in [6.45, 7) is 6.82. The van der Waals surface area contributed by atoms with Gasteiger partial charge >= 0.3 is 0 Å². The molecule has 6 heterocycles. The van der Waals surface area contributed by atoms with Gasteiger partial charge in [0.25, 0.3) is 17.7 Å². The van der Waals surface area contributed by atoms with Gasteiger partial charge in [-0.05, 0) is 98.7 Å². The second-order valence-electron chi connectivity index (χ2n) is 15.9. The van der Waals surface area contributed by atoms with E-state index in [9.17, 15) is 28.8 Å². The van der Waals surface area contributed by atoms with Crippen LogP contribution in [0.4, 0.5) is 5.82 Å². The molecule has 1 atom stereocenters. The first kappa shape index (κ1) is 42.7. The number of piperazine rings is 1. The number of likely N-dealkylation sites (tertiary alicyclic amines) is 1. The molecule has 316 valence electrons. The SMILES string of the molecule is O=C(/C=C/c1cccnc1)NCCCCC1CCN(C(=O)c2ccc(N3CCN(CCCCCSc4cccc5c4C(=O)N(C4CCC(=O)NC4=O)C5=O)CC3)nc2)CC1. The Kier molecular flexibility index (Phi) is 14.7. The van der Waals surface area contributed by atoms with Gasteiger partial charge in [0.15, 0.2) is 0 Å². The average Bonchev–Trinajstić information content (AvgIpc) is 3.53. The maximum absolute atomic E-state index is 13.4. The summed E-state index contributed by atoms with van der Waals surface area (Å²) in [7, 11) is 0. The highest BCUT2D eigenvalue weighted by Gasteiger charge is 2.45. The van der Waals surface area contributed by atoms with Gasteiger partial charge in [0.2, 0.25) is 17.7 Å². The molecule has 14 nitrogen and oxygen atoms in total. The largest absolute Gasteiger partial charge is 0.354 e. The highest BCUT2D eigenvalue weighted by Crippen LogP contribution is 2.35. The number of anilines is 1. The fraction of sp³-hybridized carbons (Fsp3) is 0.467. The Labute approximate surface area is 355 Å². The van der Waals surface area contributed by atoms with Gasteiger partial charge in [-0.3, -0.25) is 48.9 Å². The lowest BCUT2D eigenvalue weighted by Crippen LogP contribution is -2.54. The topological polar surface area (TPSA) is 165 Å². The van der Waals surface area contributed by atoms with E-state index in [1.165, 1.54) is 0 Å². The summed E-state index contributed by atoms with van der Waals surface area (Å²) < 4.78 is 0. The normalized spacial score (nSPS) is 18.9. The van der Waals surface area contributed by atoms with Crippen LogP contribution in [-0.4, -0.2) is 124 Å². The quantitative estimate of drug-likeness (QED) is 0.0830. The lowest BCUT2D eigenvalue weighted by molar-refractivity contribution is -0.136. The number of imide groups is 2. The Morgan fingerprint density at radius 1 is 0.850 bits per heavy atom. The number of carbonyl (C=O) groups is 6. The predicted molar refractivity (Wildman–Crippen MR) is 229 cm³/mol. The first-order valence-corrected chi connectivity index (χ1v) is 22.3. The average molecular weight is 835 g/mol. The fourth-order valence-electron chi connectivity index (χ4n) is 8.38. The van der Waals surface area contributed by atoms with E-state index < -0.39 is 23.8 Å². The van der Waals surface area contributed by atoms with E-state index in [0.717, 1.165) is 124 Å². The number of nitrogens with one attached hydrogen (secondary N) is 2. The highest BCUT2D eigenvalue weighted by molar-refractivity contribution is 7.99. The minimum Gasteiger partial charge on any atom is -0.354 e. The third-order valence-electron chi connectivity index (χ3n) is 11.8. The molecule has 3 saturated heterocycles. The first-order valence-electron chi connectivity index (χ1n) is 21.3. The van der Waals surface area contributed by atoms with Crippen LogP contribution < -0.4 is 15.5 Å². The van der Waals surface area contributed by atoms with Gasteiger partial charge in [0, 0.05) is 81.8 Å². The van der Waals surface area contributed by atoms with Crippen molar-refractivity contribution >= 4 is 59.1 Å². The summed E-state index contributed by atoms with van der Waals surface area (Å²) in [5.74, 6) is 0.323. The van der Waals surface area contributed by atoms with Crippen molar-refractivity contribution in [1.29, 1.82) is 0 Å². The fourth-order valence-corrected chi connectivity index (χ4v) is 9.47. The third kappa shape index (κ3) is 10.8. The van der Waals surface area contributed by atoms with Crippen LogP contribution in [0.3, 0.4) is 0 Å².